The molecule has 0 unspecified atom stereocenters. The summed E-state index contributed by atoms with van der Waals surface area (Å²) in [5.41, 5.74) is 4.22. The second kappa shape index (κ2) is 9.82. The highest BCUT2D eigenvalue weighted by Crippen LogP contribution is 2.25. The highest BCUT2D eigenvalue weighted by Gasteiger charge is 2.14. The minimum atomic E-state index is -0.215. The maximum atomic E-state index is 12.3. The summed E-state index contributed by atoms with van der Waals surface area (Å²) in [6.07, 6.45) is 0. The predicted octanol–water partition coefficient (Wildman–Crippen LogP) is 4.10. The molecule has 0 saturated carbocycles. The predicted molar refractivity (Wildman–Crippen MR) is 103 cm³/mol. The van der Waals surface area contributed by atoms with Gasteiger partial charge in [0.05, 0.1) is 19.8 Å². The molecule has 2 aromatic rings. The summed E-state index contributed by atoms with van der Waals surface area (Å²) in [5, 5.41) is 5.89. The second-order valence-corrected chi connectivity index (χ2v) is 6.20. The highest BCUT2D eigenvalue weighted by molar-refractivity contribution is 5.74. The summed E-state index contributed by atoms with van der Waals surface area (Å²) in [4.78, 5) is 12.3. The van der Waals surface area contributed by atoms with E-state index < -0.39 is 0 Å². The van der Waals surface area contributed by atoms with E-state index in [1.807, 2.05) is 63.2 Å². The van der Waals surface area contributed by atoms with Crippen molar-refractivity contribution < 1.29 is 14.3 Å². The van der Waals surface area contributed by atoms with Gasteiger partial charge in [-0.1, -0.05) is 42.0 Å². The van der Waals surface area contributed by atoms with Crippen LogP contribution in [0.2, 0.25) is 0 Å². The number of rotatable bonds is 8. The van der Waals surface area contributed by atoms with Gasteiger partial charge in [0.25, 0.3) is 0 Å². The zero-order chi connectivity index (χ0) is 18.9. The van der Waals surface area contributed by atoms with E-state index in [0.29, 0.717) is 19.8 Å². The van der Waals surface area contributed by atoms with Crippen molar-refractivity contribution in [3.63, 3.8) is 0 Å². The minimum Gasteiger partial charge on any atom is -0.496 e. The fraction of sp³-hybridized carbons (Fsp3) is 0.381. The molecule has 0 saturated heterocycles. The quantitative estimate of drug-likeness (QED) is 0.749. The average molecular weight is 356 g/mol. The molecule has 0 heterocycles. The van der Waals surface area contributed by atoms with Crippen molar-refractivity contribution in [1.82, 2.24) is 10.6 Å². The van der Waals surface area contributed by atoms with E-state index in [2.05, 4.69) is 10.6 Å². The Kier molecular flexibility index (Phi) is 7.48. The lowest BCUT2D eigenvalue weighted by Crippen LogP contribution is -2.37. The number of nitrogens with one attached hydrogen (secondary N) is 2. The van der Waals surface area contributed by atoms with E-state index in [0.717, 1.165) is 28.0 Å². The molecule has 0 aliphatic heterocycles. The number of benzene rings is 2. The molecule has 140 valence electrons. The van der Waals surface area contributed by atoms with Crippen molar-refractivity contribution in [2.24, 2.45) is 0 Å². The van der Waals surface area contributed by atoms with Crippen molar-refractivity contribution in [2.45, 2.75) is 40.0 Å². The van der Waals surface area contributed by atoms with Gasteiger partial charge in [0.1, 0.15) is 5.75 Å². The molecule has 0 aliphatic rings. The lowest BCUT2D eigenvalue weighted by molar-refractivity contribution is 0.133. The van der Waals surface area contributed by atoms with Crippen LogP contribution in [-0.4, -0.2) is 19.7 Å². The maximum Gasteiger partial charge on any atom is 0.315 e. The van der Waals surface area contributed by atoms with Crippen LogP contribution < -0.4 is 15.4 Å². The Balaban J connectivity index is 1.96. The van der Waals surface area contributed by atoms with E-state index in [1.54, 1.807) is 7.11 Å². The van der Waals surface area contributed by atoms with Crippen LogP contribution in [0, 0.1) is 6.92 Å². The number of amides is 2. The van der Waals surface area contributed by atoms with Crippen LogP contribution in [0.1, 0.15) is 42.1 Å². The van der Waals surface area contributed by atoms with Gasteiger partial charge in [-0.2, -0.15) is 0 Å². The standard InChI is InChI=1S/C21H28N2O3/c1-5-26-14-18-9-7-6-8-17(18)13-22-21(24)23-16(3)19-12-15(2)10-11-20(19)25-4/h6-12,16H,5,13-14H2,1-4H3,(H2,22,23,24)/t16-/m0/s1. The number of ether oxygens (including phenoxy) is 2. The fourth-order valence-electron chi connectivity index (χ4n) is 2.78. The Morgan fingerprint density at radius 2 is 1.88 bits per heavy atom. The van der Waals surface area contributed by atoms with E-state index in [1.165, 1.54) is 0 Å². The molecule has 0 bridgehead atoms. The molecule has 1 atom stereocenters. The van der Waals surface area contributed by atoms with Crippen LogP contribution in [0.3, 0.4) is 0 Å². The van der Waals surface area contributed by atoms with Crippen molar-refractivity contribution >= 4 is 6.03 Å². The third-order valence-electron chi connectivity index (χ3n) is 4.22. The number of carbonyl (C=O) groups is 1. The fourth-order valence-corrected chi connectivity index (χ4v) is 2.78. The third-order valence-corrected chi connectivity index (χ3v) is 4.22. The Bertz CT molecular complexity index is 731. The summed E-state index contributed by atoms with van der Waals surface area (Å²) in [6, 6.07) is 13.5. The number of hydrogen-bond acceptors (Lipinski definition) is 3. The number of urea groups is 1. The van der Waals surface area contributed by atoms with Crippen LogP contribution >= 0.6 is 0 Å². The van der Waals surface area contributed by atoms with Crippen molar-refractivity contribution in [2.75, 3.05) is 13.7 Å². The van der Waals surface area contributed by atoms with Gasteiger partial charge in [-0.25, -0.2) is 4.79 Å². The SMILES string of the molecule is CCOCc1ccccc1CNC(=O)N[C@@H](C)c1cc(C)ccc1OC. The highest BCUT2D eigenvalue weighted by atomic mass is 16.5. The van der Waals surface area contributed by atoms with E-state index in [4.69, 9.17) is 9.47 Å². The van der Waals surface area contributed by atoms with Crippen molar-refractivity contribution in [3.05, 3.63) is 64.7 Å². The largest absolute Gasteiger partial charge is 0.496 e. The first-order chi connectivity index (χ1) is 12.5. The van der Waals surface area contributed by atoms with Gasteiger partial charge in [0.2, 0.25) is 0 Å². The molecule has 2 aromatic carbocycles. The molecule has 0 fully saturated rings. The molecule has 0 aromatic heterocycles. The number of aryl methyl sites for hydroxylation is 1. The van der Waals surface area contributed by atoms with Gasteiger partial charge < -0.3 is 20.1 Å². The topological polar surface area (TPSA) is 59.6 Å². The molecular formula is C21H28N2O3. The third kappa shape index (κ3) is 5.49. The zero-order valence-electron chi connectivity index (χ0n) is 16.0. The van der Waals surface area contributed by atoms with Crippen LogP contribution in [0.4, 0.5) is 4.79 Å². The molecule has 2 rings (SSSR count). The Labute approximate surface area is 155 Å². The van der Waals surface area contributed by atoms with Gasteiger partial charge in [0.15, 0.2) is 0 Å². The van der Waals surface area contributed by atoms with Gasteiger partial charge in [-0.3, -0.25) is 0 Å². The number of methoxy groups -OCH3 is 1. The zero-order valence-corrected chi connectivity index (χ0v) is 16.0. The molecular weight excluding hydrogens is 328 g/mol. The van der Waals surface area contributed by atoms with Gasteiger partial charge in [0, 0.05) is 18.7 Å². The summed E-state index contributed by atoms with van der Waals surface area (Å²) in [5.74, 6) is 0.769. The molecule has 0 radical (unpaired) electrons. The molecule has 2 N–H and O–H groups in total. The first kappa shape index (κ1) is 19.8. The minimum absolute atomic E-state index is 0.163. The summed E-state index contributed by atoms with van der Waals surface area (Å²) in [6.45, 7) is 7.60. The van der Waals surface area contributed by atoms with Crippen molar-refractivity contribution in [3.8, 4) is 5.75 Å². The van der Waals surface area contributed by atoms with E-state index in [-0.39, 0.29) is 12.1 Å². The Morgan fingerprint density at radius 1 is 1.15 bits per heavy atom. The summed E-state index contributed by atoms with van der Waals surface area (Å²) in [7, 11) is 1.64. The second-order valence-electron chi connectivity index (χ2n) is 6.20. The molecule has 26 heavy (non-hydrogen) atoms. The van der Waals surface area contributed by atoms with Gasteiger partial charge in [-0.05, 0) is 38.0 Å². The lowest BCUT2D eigenvalue weighted by atomic mass is 10.0. The smallest absolute Gasteiger partial charge is 0.315 e. The van der Waals surface area contributed by atoms with Crippen LogP contribution in [0.15, 0.2) is 42.5 Å². The monoisotopic (exact) mass is 356 g/mol. The molecule has 0 aliphatic carbocycles. The summed E-state index contributed by atoms with van der Waals surface area (Å²) < 4.78 is 10.9. The summed E-state index contributed by atoms with van der Waals surface area (Å²) >= 11 is 0. The van der Waals surface area contributed by atoms with Crippen LogP contribution in [0.25, 0.3) is 0 Å². The molecule has 2 amide bonds. The number of carbonyl (C=O) groups excluding carboxylic acids is 1. The van der Waals surface area contributed by atoms with Crippen LogP contribution in [0.5, 0.6) is 5.75 Å². The molecule has 5 nitrogen and oxygen atoms in total. The Morgan fingerprint density at radius 3 is 2.58 bits per heavy atom. The molecule has 5 heteroatoms. The molecule has 0 spiro atoms. The normalized spacial score (nSPS) is 11.7. The van der Waals surface area contributed by atoms with Crippen molar-refractivity contribution in [1.29, 1.82) is 0 Å². The number of hydrogen-bond donors (Lipinski definition) is 2. The maximum absolute atomic E-state index is 12.3. The van der Waals surface area contributed by atoms with Gasteiger partial charge in [-0.15, -0.1) is 0 Å². The van der Waals surface area contributed by atoms with Crippen LogP contribution in [-0.2, 0) is 17.9 Å². The average Bonchev–Trinajstić information content (AvgIpc) is 2.65. The first-order valence-electron chi connectivity index (χ1n) is 8.88. The van der Waals surface area contributed by atoms with Gasteiger partial charge >= 0.3 is 6.03 Å². The lowest BCUT2D eigenvalue weighted by Gasteiger charge is -2.19. The first-order valence-corrected chi connectivity index (χ1v) is 8.88. The van der Waals surface area contributed by atoms with E-state index >= 15 is 0 Å². The van der Waals surface area contributed by atoms with E-state index in [9.17, 15) is 4.79 Å². The Hall–Kier alpha value is -2.53.